The van der Waals surface area contributed by atoms with Gasteiger partial charge in [-0.15, -0.1) is 11.3 Å². The molecule has 0 aliphatic rings. The third-order valence-corrected chi connectivity index (χ3v) is 2.80. The van der Waals surface area contributed by atoms with E-state index in [1.807, 2.05) is 11.7 Å². The molecule has 0 saturated carbocycles. The van der Waals surface area contributed by atoms with Crippen LogP contribution in [0.3, 0.4) is 0 Å². The van der Waals surface area contributed by atoms with Crippen LogP contribution < -0.4 is 5.32 Å². The zero-order valence-electron chi connectivity index (χ0n) is 8.11. The molecule has 0 unspecified atom stereocenters. The van der Waals surface area contributed by atoms with Crippen molar-refractivity contribution < 1.29 is 4.39 Å². The molecule has 2 nitrogen and oxygen atoms in total. The molecule has 78 valence electrons. The molecule has 4 heteroatoms. The Morgan fingerprint density at radius 1 is 1.20 bits per heavy atom. The summed E-state index contributed by atoms with van der Waals surface area (Å²) in [4.78, 5) is 5.19. The van der Waals surface area contributed by atoms with Gasteiger partial charge >= 0.3 is 0 Å². The molecule has 0 atom stereocenters. The average molecular weight is 222 g/mol. The first-order valence-electron chi connectivity index (χ1n) is 4.67. The van der Waals surface area contributed by atoms with Crippen LogP contribution in [-0.4, -0.2) is 4.98 Å². The Kier molecular flexibility index (Phi) is 3.42. The van der Waals surface area contributed by atoms with Crippen molar-refractivity contribution in [3.05, 3.63) is 52.2 Å². The molecule has 1 N–H and O–H groups in total. The van der Waals surface area contributed by atoms with Crippen molar-refractivity contribution in [3.63, 3.8) is 0 Å². The Balaban J connectivity index is 1.81. The monoisotopic (exact) mass is 222 g/mol. The van der Waals surface area contributed by atoms with Gasteiger partial charge in [-0.25, -0.2) is 4.39 Å². The van der Waals surface area contributed by atoms with Gasteiger partial charge in [-0.05, 0) is 17.7 Å². The van der Waals surface area contributed by atoms with Gasteiger partial charge in [0, 0.05) is 24.2 Å². The molecule has 0 saturated heterocycles. The third kappa shape index (κ3) is 3.11. The van der Waals surface area contributed by atoms with Crippen molar-refractivity contribution in [2.24, 2.45) is 0 Å². The number of thiazole rings is 1. The minimum absolute atomic E-state index is 0.193. The number of aromatic nitrogens is 1. The molecule has 0 amide bonds. The molecule has 15 heavy (non-hydrogen) atoms. The lowest BCUT2D eigenvalue weighted by molar-refractivity contribution is 0.625. The lowest BCUT2D eigenvalue weighted by atomic mass is 10.2. The Morgan fingerprint density at radius 3 is 2.67 bits per heavy atom. The number of hydrogen-bond donors (Lipinski definition) is 1. The van der Waals surface area contributed by atoms with E-state index in [1.54, 1.807) is 23.5 Å². The number of nitrogens with zero attached hydrogens (tertiary/aromatic N) is 1. The molecular formula is C11H11FN2S. The molecule has 0 bridgehead atoms. The molecule has 2 rings (SSSR count). The predicted molar refractivity (Wildman–Crippen MR) is 59.1 cm³/mol. The van der Waals surface area contributed by atoms with Crippen molar-refractivity contribution in [3.8, 4) is 0 Å². The lowest BCUT2D eigenvalue weighted by Gasteiger charge is -2.02. The van der Waals surface area contributed by atoms with Crippen LogP contribution in [-0.2, 0) is 13.1 Å². The number of rotatable bonds is 4. The highest BCUT2D eigenvalue weighted by molar-refractivity contribution is 7.09. The second kappa shape index (κ2) is 5.00. The summed E-state index contributed by atoms with van der Waals surface area (Å²) in [6.07, 6.45) is 1.85. The van der Waals surface area contributed by atoms with Gasteiger partial charge in [0.1, 0.15) is 5.82 Å². The zero-order valence-corrected chi connectivity index (χ0v) is 8.93. The molecule has 0 radical (unpaired) electrons. The molecule has 0 aliphatic carbocycles. The fraction of sp³-hybridized carbons (Fsp3) is 0.182. The van der Waals surface area contributed by atoms with E-state index < -0.39 is 0 Å². The van der Waals surface area contributed by atoms with Crippen molar-refractivity contribution in [2.75, 3.05) is 0 Å². The number of benzene rings is 1. The number of nitrogens with one attached hydrogen (secondary N) is 1. The molecule has 0 spiro atoms. The van der Waals surface area contributed by atoms with Gasteiger partial charge in [-0.3, -0.25) is 4.98 Å². The first kappa shape index (κ1) is 10.3. The Bertz CT molecular complexity index is 397. The van der Waals surface area contributed by atoms with Crippen LogP contribution in [0.4, 0.5) is 4.39 Å². The Morgan fingerprint density at radius 2 is 2.00 bits per heavy atom. The maximum absolute atomic E-state index is 12.6. The Labute approximate surface area is 91.8 Å². The highest BCUT2D eigenvalue weighted by Gasteiger charge is 1.95. The second-order valence-corrected chi connectivity index (χ2v) is 4.17. The number of halogens is 1. The second-order valence-electron chi connectivity index (χ2n) is 3.20. The smallest absolute Gasteiger partial charge is 0.123 e. The van der Waals surface area contributed by atoms with E-state index in [4.69, 9.17) is 0 Å². The summed E-state index contributed by atoms with van der Waals surface area (Å²) in [5.41, 5.74) is 2.90. The van der Waals surface area contributed by atoms with Crippen LogP contribution >= 0.6 is 11.3 Å². The highest BCUT2D eigenvalue weighted by Crippen LogP contribution is 2.06. The zero-order chi connectivity index (χ0) is 10.5. The summed E-state index contributed by atoms with van der Waals surface area (Å²) in [5.74, 6) is -0.193. The van der Waals surface area contributed by atoms with Crippen molar-refractivity contribution >= 4 is 11.3 Å². The molecule has 1 aromatic carbocycles. The van der Waals surface area contributed by atoms with E-state index in [-0.39, 0.29) is 5.82 Å². The fourth-order valence-corrected chi connectivity index (χ4v) is 1.83. The van der Waals surface area contributed by atoms with E-state index in [0.29, 0.717) is 0 Å². The SMILES string of the molecule is Fc1ccc(CNCc2cncs2)cc1. The highest BCUT2D eigenvalue weighted by atomic mass is 32.1. The Hall–Kier alpha value is -1.26. The fourth-order valence-electron chi connectivity index (χ4n) is 1.26. The summed E-state index contributed by atoms with van der Waals surface area (Å²) < 4.78 is 12.6. The predicted octanol–water partition coefficient (Wildman–Crippen LogP) is 2.57. The van der Waals surface area contributed by atoms with Gasteiger partial charge in [0.25, 0.3) is 0 Å². The minimum atomic E-state index is -0.193. The summed E-state index contributed by atoms with van der Waals surface area (Å²) in [6.45, 7) is 1.56. The maximum atomic E-state index is 12.6. The summed E-state index contributed by atoms with van der Waals surface area (Å²) >= 11 is 1.63. The molecule has 1 heterocycles. The van der Waals surface area contributed by atoms with Gasteiger partial charge in [-0.2, -0.15) is 0 Å². The summed E-state index contributed by atoms with van der Waals surface area (Å²) in [5, 5.41) is 3.27. The van der Waals surface area contributed by atoms with Crippen LogP contribution in [0.15, 0.2) is 36.0 Å². The van der Waals surface area contributed by atoms with E-state index >= 15 is 0 Å². The molecule has 0 aliphatic heterocycles. The van der Waals surface area contributed by atoms with Gasteiger partial charge in [0.15, 0.2) is 0 Å². The van der Waals surface area contributed by atoms with Crippen molar-refractivity contribution in [1.29, 1.82) is 0 Å². The van der Waals surface area contributed by atoms with Crippen LogP contribution in [0.25, 0.3) is 0 Å². The molecular weight excluding hydrogens is 211 g/mol. The topological polar surface area (TPSA) is 24.9 Å². The minimum Gasteiger partial charge on any atom is -0.308 e. The first-order chi connectivity index (χ1) is 7.34. The quantitative estimate of drug-likeness (QED) is 0.860. The van der Waals surface area contributed by atoms with E-state index in [0.717, 1.165) is 18.7 Å². The molecule has 0 fully saturated rings. The molecule has 1 aromatic heterocycles. The molecule has 2 aromatic rings. The van der Waals surface area contributed by atoms with Gasteiger partial charge < -0.3 is 5.32 Å². The number of hydrogen-bond acceptors (Lipinski definition) is 3. The first-order valence-corrected chi connectivity index (χ1v) is 5.55. The van der Waals surface area contributed by atoms with Crippen LogP contribution in [0.1, 0.15) is 10.4 Å². The van der Waals surface area contributed by atoms with E-state index in [9.17, 15) is 4.39 Å². The summed E-state index contributed by atoms with van der Waals surface area (Å²) in [6, 6.07) is 6.53. The van der Waals surface area contributed by atoms with Crippen LogP contribution in [0.5, 0.6) is 0 Å². The van der Waals surface area contributed by atoms with E-state index in [2.05, 4.69) is 10.3 Å². The third-order valence-electron chi connectivity index (χ3n) is 2.03. The standard InChI is InChI=1S/C11H11FN2S/c12-10-3-1-9(2-4-10)5-13-6-11-7-14-8-15-11/h1-4,7-8,13H,5-6H2. The van der Waals surface area contributed by atoms with Gasteiger partial charge in [-0.1, -0.05) is 12.1 Å². The average Bonchev–Trinajstić information content (AvgIpc) is 2.74. The van der Waals surface area contributed by atoms with Crippen LogP contribution in [0, 0.1) is 5.82 Å². The van der Waals surface area contributed by atoms with Crippen molar-refractivity contribution in [1.82, 2.24) is 10.3 Å². The van der Waals surface area contributed by atoms with Crippen LogP contribution in [0.2, 0.25) is 0 Å². The lowest BCUT2D eigenvalue weighted by Crippen LogP contribution is -2.11. The van der Waals surface area contributed by atoms with E-state index in [1.165, 1.54) is 17.0 Å². The van der Waals surface area contributed by atoms with Gasteiger partial charge in [0.05, 0.1) is 5.51 Å². The van der Waals surface area contributed by atoms with Crippen molar-refractivity contribution in [2.45, 2.75) is 13.1 Å². The van der Waals surface area contributed by atoms with Gasteiger partial charge in [0.2, 0.25) is 0 Å². The summed E-state index contributed by atoms with van der Waals surface area (Å²) in [7, 11) is 0. The normalized spacial score (nSPS) is 10.5. The largest absolute Gasteiger partial charge is 0.308 e. The maximum Gasteiger partial charge on any atom is 0.123 e.